The summed E-state index contributed by atoms with van der Waals surface area (Å²) in [5.74, 6) is 1.37. The molecule has 0 aliphatic heterocycles. The fourth-order valence-corrected chi connectivity index (χ4v) is 1.70. The van der Waals surface area contributed by atoms with Crippen molar-refractivity contribution in [2.75, 3.05) is 6.61 Å². The van der Waals surface area contributed by atoms with E-state index in [-0.39, 0.29) is 5.78 Å². The van der Waals surface area contributed by atoms with E-state index in [1.54, 1.807) is 6.92 Å². The second-order valence-corrected chi connectivity index (χ2v) is 5.07. The molecule has 1 aromatic rings. The Kier molecular flexibility index (Phi) is 24.9. The van der Waals surface area contributed by atoms with Gasteiger partial charge in [-0.15, -0.1) is 0 Å². The number of Topliss-reactive ketones (excluding diaryl/α,β-unsaturated/α-hetero) is 1. The van der Waals surface area contributed by atoms with Crippen molar-refractivity contribution in [3.05, 3.63) is 29.3 Å². The van der Waals surface area contributed by atoms with Gasteiger partial charge in [-0.05, 0) is 37.8 Å². The summed E-state index contributed by atoms with van der Waals surface area (Å²) in [6.45, 7) is 18.8. The lowest BCUT2D eigenvalue weighted by atomic mass is 10.1. The van der Waals surface area contributed by atoms with Crippen LogP contribution in [0.4, 0.5) is 0 Å². The number of carbonyl (C=O) groups is 1. The van der Waals surface area contributed by atoms with Crippen LogP contribution in [0.15, 0.2) is 18.2 Å². The van der Waals surface area contributed by atoms with Gasteiger partial charge in [0.2, 0.25) is 0 Å². The van der Waals surface area contributed by atoms with E-state index in [0.29, 0.717) is 6.42 Å². The molecule has 0 spiro atoms. The second-order valence-electron chi connectivity index (χ2n) is 5.07. The average molecular weight is 339 g/mol. The third kappa shape index (κ3) is 15.6. The van der Waals surface area contributed by atoms with Crippen molar-refractivity contribution in [3.8, 4) is 5.75 Å². The normalized spacial score (nSPS) is 8.54. The molecule has 2 nitrogen and oxygen atoms in total. The first-order chi connectivity index (χ1) is 11.6. The molecule has 0 unspecified atom stereocenters. The van der Waals surface area contributed by atoms with E-state index in [9.17, 15) is 4.79 Å². The van der Waals surface area contributed by atoms with E-state index >= 15 is 0 Å². The number of rotatable bonds is 7. The molecule has 1 rings (SSSR count). The molecule has 0 aliphatic rings. The minimum absolute atomic E-state index is 0.255. The molecule has 2 heteroatoms. The van der Waals surface area contributed by atoms with E-state index in [2.05, 4.69) is 39.0 Å². The van der Waals surface area contributed by atoms with Crippen molar-refractivity contribution in [3.63, 3.8) is 0 Å². The molecule has 0 atom stereocenters. The van der Waals surface area contributed by atoms with Crippen molar-refractivity contribution in [1.29, 1.82) is 0 Å². The van der Waals surface area contributed by atoms with Gasteiger partial charge in [0, 0.05) is 6.42 Å². The van der Waals surface area contributed by atoms with E-state index in [1.807, 2.05) is 34.6 Å². The molecule has 0 N–H and O–H groups in total. The van der Waals surface area contributed by atoms with Crippen LogP contribution in [0.5, 0.6) is 5.75 Å². The molecule has 0 bridgehead atoms. The Morgan fingerprint density at radius 3 is 1.96 bits per heavy atom. The highest BCUT2D eigenvalue weighted by Gasteiger charge is 2.05. The zero-order valence-corrected chi connectivity index (χ0v) is 17.8. The summed E-state index contributed by atoms with van der Waals surface area (Å²) in [6.07, 6.45) is 5.28. The molecule has 0 aliphatic carbocycles. The number of aryl methyl sites for hydroxylation is 2. The van der Waals surface area contributed by atoms with Crippen LogP contribution < -0.4 is 4.74 Å². The van der Waals surface area contributed by atoms with Crippen molar-refractivity contribution in [2.45, 2.75) is 94.4 Å². The van der Waals surface area contributed by atoms with Crippen LogP contribution >= 0.6 is 0 Å². The Balaban J connectivity index is -0.000000413. The van der Waals surface area contributed by atoms with Gasteiger partial charge in [-0.3, -0.25) is 0 Å². The standard InChI is InChI=1S/C14H22O.C4H8O.2C2H6/c1-4-6-11-15-14-12(3)9-7-10-13(14)8-5-2;1-3-4(2)5;2*1-2/h7,9-10H,4-6,8,11H2,1-3H3;3H2,1-2H3;2*1-2H3. The smallest absolute Gasteiger partial charge is 0.129 e. The summed E-state index contributed by atoms with van der Waals surface area (Å²) < 4.78 is 5.86. The Bertz CT molecular complexity index is 384. The van der Waals surface area contributed by atoms with E-state index in [0.717, 1.165) is 25.2 Å². The number of hydrogen-bond acceptors (Lipinski definition) is 2. The van der Waals surface area contributed by atoms with E-state index in [1.165, 1.54) is 24.0 Å². The topological polar surface area (TPSA) is 26.3 Å². The average Bonchev–Trinajstić information content (AvgIpc) is 2.61. The third-order valence-corrected chi connectivity index (χ3v) is 3.05. The van der Waals surface area contributed by atoms with Crippen molar-refractivity contribution in [2.24, 2.45) is 0 Å². The van der Waals surface area contributed by atoms with Gasteiger partial charge in [0.05, 0.1) is 6.61 Å². The fourth-order valence-electron chi connectivity index (χ4n) is 1.70. The van der Waals surface area contributed by atoms with Gasteiger partial charge >= 0.3 is 0 Å². The number of hydrogen-bond donors (Lipinski definition) is 0. The minimum atomic E-state index is 0.255. The summed E-state index contributed by atoms with van der Waals surface area (Å²) in [7, 11) is 0. The maximum atomic E-state index is 9.81. The predicted molar refractivity (Wildman–Crippen MR) is 109 cm³/mol. The largest absolute Gasteiger partial charge is 0.493 e. The Morgan fingerprint density at radius 2 is 1.54 bits per heavy atom. The Morgan fingerprint density at radius 1 is 1.00 bits per heavy atom. The van der Waals surface area contributed by atoms with Crippen molar-refractivity contribution < 1.29 is 9.53 Å². The zero-order valence-electron chi connectivity index (χ0n) is 17.8. The first-order valence-electron chi connectivity index (χ1n) is 9.77. The van der Waals surface area contributed by atoms with Crippen LogP contribution in [0, 0.1) is 6.92 Å². The number of para-hydroxylation sites is 1. The van der Waals surface area contributed by atoms with E-state index < -0.39 is 0 Å². The molecule has 0 radical (unpaired) electrons. The van der Waals surface area contributed by atoms with Crippen LogP contribution in [0.25, 0.3) is 0 Å². The molecule has 0 heterocycles. The van der Waals surface area contributed by atoms with E-state index in [4.69, 9.17) is 4.74 Å². The summed E-state index contributed by atoms with van der Waals surface area (Å²) in [5.41, 5.74) is 2.62. The monoisotopic (exact) mass is 338 g/mol. The zero-order chi connectivity index (χ0) is 19.4. The maximum absolute atomic E-state index is 9.81. The highest BCUT2D eigenvalue weighted by atomic mass is 16.5. The molecule has 0 aromatic heterocycles. The number of ether oxygens (including phenoxy) is 1. The lowest BCUT2D eigenvalue weighted by Gasteiger charge is -2.13. The summed E-state index contributed by atoms with van der Waals surface area (Å²) in [6, 6.07) is 6.42. The molecule has 0 saturated heterocycles. The molecule has 0 fully saturated rings. The number of carbonyl (C=O) groups excluding carboxylic acids is 1. The fraction of sp³-hybridized carbons (Fsp3) is 0.682. The quantitative estimate of drug-likeness (QED) is 0.493. The minimum Gasteiger partial charge on any atom is -0.493 e. The molecule has 142 valence electrons. The highest BCUT2D eigenvalue weighted by Crippen LogP contribution is 2.24. The van der Waals surface area contributed by atoms with Crippen LogP contribution in [0.1, 0.15) is 92.2 Å². The van der Waals surface area contributed by atoms with Crippen molar-refractivity contribution >= 4 is 5.78 Å². The van der Waals surface area contributed by atoms with Gasteiger partial charge in [-0.2, -0.15) is 0 Å². The molecule has 0 amide bonds. The highest BCUT2D eigenvalue weighted by molar-refractivity contribution is 5.74. The van der Waals surface area contributed by atoms with Gasteiger partial charge in [-0.25, -0.2) is 0 Å². The second kappa shape index (κ2) is 21.7. The van der Waals surface area contributed by atoms with Gasteiger partial charge in [0.15, 0.2) is 0 Å². The lowest BCUT2D eigenvalue weighted by Crippen LogP contribution is -2.01. The summed E-state index contributed by atoms with van der Waals surface area (Å²) in [5, 5.41) is 0. The lowest BCUT2D eigenvalue weighted by molar-refractivity contribution is -0.116. The Hall–Kier alpha value is -1.31. The third-order valence-electron chi connectivity index (χ3n) is 3.05. The first kappa shape index (κ1) is 27.5. The van der Waals surface area contributed by atoms with Gasteiger partial charge < -0.3 is 9.53 Å². The number of unbranched alkanes of at least 4 members (excludes halogenated alkanes) is 1. The SMILES string of the molecule is CC.CC.CCC(C)=O.CCCCOc1c(C)cccc1CCC. The molecule has 24 heavy (non-hydrogen) atoms. The maximum Gasteiger partial charge on any atom is 0.129 e. The molecular formula is C22H42O2. The van der Waals surface area contributed by atoms with Crippen molar-refractivity contribution in [1.82, 2.24) is 0 Å². The van der Waals surface area contributed by atoms with Gasteiger partial charge in [0.1, 0.15) is 11.5 Å². The Labute approximate surface area is 152 Å². The predicted octanol–water partition coefficient (Wildman–Crippen LogP) is 7.16. The van der Waals surface area contributed by atoms with Gasteiger partial charge in [-0.1, -0.05) is 79.5 Å². The van der Waals surface area contributed by atoms with Crippen LogP contribution in [0.3, 0.4) is 0 Å². The van der Waals surface area contributed by atoms with Crippen LogP contribution in [-0.2, 0) is 11.2 Å². The van der Waals surface area contributed by atoms with Gasteiger partial charge in [0.25, 0.3) is 0 Å². The molecular weight excluding hydrogens is 296 g/mol. The number of benzene rings is 1. The number of ketones is 1. The molecule has 1 aromatic carbocycles. The summed E-state index contributed by atoms with van der Waals surface area (Å²) in [4.78, 5) is 9.81. The van der Waals surface area contributed by atoms with Crippen LogP contribution in [0.2, 0.25) is 0 Å². The van der Waals surface area contributed by atoms with Crippen LogP contribution in [-0.4, -0.2) is 12.4 Å². The first-order valence-corrected chi connectivity index (χ1v) is 9.77. The molecule has 0 saturated carbocycles. The summed E-state index contributed by atoms with van der Waals surface area (Å²) >= 11 is 0.